The number of hydrogen-bond acceptors (Lipinski definition) is 6. The van der Waals surface area contributed by atoms with Crippen LogP contribution in [0.1, 0.15) is 22.7 Å². The van der Waals surface area contributed by atoms with Gasteiger partial charge < -0.3 is 8.83 Å². The summed E-state index contributed by atoms with van der Waals surface area (Å²) >= 11 is 0. The minimum Gasteiger partial charge on any atom is -0.461 e. The van der Waals surface area contributed by atoms with E-state index < -0.39 is 0 Å². The predicted molar refractivity (Wildman–Crippen MR) is 104 cm³/mol. The van der Waals surface area contributed by atoms with Crippen LogP contribution in [-0.2, 0) is 19.5 Å². The minimum absolute atomic E-state index is 0.650. The van der Waals surface area contributed by atoms with Gasteiger partial charge in [-0.2, -0.15) is 0 Å². The van der Waals surface area contributed by atoms with Crippen LogP contribution < -0.4 is 0 Å². The van der Waals surface area contributed by atoms with Gasteiger partial charge in [0.05, 0.1) is 17.7 Å². The molecule has 28 heavy (non-hydrogen) atoms. The summed E-state index contributed by atoms with van der Waals surface area (Å²) in [6.07, 6.45) is 4.44. The smallest absolute Gasteiger partial charge is 0.226 e. The van der Waals surface area contributed by atoms with E-state index in [0.29, 0.717) is 17.5 Å². The van der Waals surface area contributed by atoms with Crippen LogP contribution >= 0.6 is 0 Å². The Hall–Kier alpha value is -3.25. The molecule has 0 aliphatic carbocycles. The molecule has 6 heteroatoms. The number of furan rings is 1. The molecule has 1 aliphatic heterocycles. The van der Waals surface area contributed by atoms with Gasteiger partial charge in [-0.25, -0.2) is 15.0 Å². The minimum atomic E-state index is 0.650. The standard InChI is InChI=1S/C22H20N4O2/c1-15-19(25-22(28-15)16-6-3-2-4-7-16)14-26-10-9-18-17(13-26)12-23-21(24-18)20-8-5-11-27-20/h2-8,11-12H,9-10,13-14H2,1H3. The molecule has 0 atom stereocenters. The van der Waals surface area contributed by atoms with E-state index in [1.54, 1.807) is 6.26 Å². The highest BCUT2D eigenvalue weighted by Gasteiger charge is 2.22. The molecule has 1 aliphatic rings. The maximum Gasteiger partial charge on any atom is 0.226 e. The second-order valence-electron chi connectivity index (χ2n) is 6.99. The molecule has 0 saturated carbocycles. The normalized spacial score (nSPS) is 14.2. The van der Waals surface area contributed by atoms with Gasteiger partial charge in [-0.1, -0.05) is 18.2 Å². The molecule has 0 saturated heterocycles. The van der Waals surface area contributed by atoms with E-state index in [2.05, 4.69) is 9.88 Å². The summed E-state index contributed by atoms with van der Waals surface area (Å²) in [5.41, 5.74) is 4.24. The fourth-order valence-corrected chi connectivity index (χ4v) is 3.52. The van der Waals surface area contributed by atoms with E-state index in [-0.39, 0.29) is 0 Å². The first kappa shape index (κ1) is 16.9. The molecule has 0 amide bonds. The molecule has 0 unspecified atom stereocenters. The van der Waals surface area contributed by atoms with Crippen LogP contribution in [0.4, 0.5) is 0 Å². The van der Waals surface area contributed by atoms with Crippen molar-refractivity contribution in [3.63, 3.8) is 0 Å². The number of nitrogens with zero attached hydrogens (tertiary/aromatic N) is 4. The van der Waals surface area contributed by atoms with Gasteiger partial charge in [0.1, 0.15) is 5.76 Å². The Bertz CT molecular complexity index is 1090. The van der Waals surface area contributed by atoms with Crippen LogP contribution in [-0.4, -0.2) is 26.4 Å². The van der Waals surface area contributed by atoms with Gasteiger partial charge in [0, 0.05) is 43.4 Å². The van der Waals surface area contributed by atoms with Crippen molar-refractivity contribution in [2.24, 2.45) is 0 Å². The molecule has 5 rings (SSSR count). The Balaban J connectivity index is 1.33. The lowest BCUT2D eigenvalue weighted by atomic mass is 10.1. The lowest BCUT2D eigenvalue weighted by Gasteiger charge is -2.27. The van der Waals surface area contributed by atoms with Crippen molar-refractivity contribution in [1.29, 1.82) is 0 Å². The summed E-state index contributed by atoms with van der Waals surface area (Å²) in [4.78, 5) is 16.2. The zero-order valence-electron chi connectivity index (χ0n) is 15.6. The number of oxazole rings is 1. The van der Waals surface area contributed by atoms with Crippen molar-refractivity contribution in [2.75, 3.05) is 6.54 Å². The van der Waals surface area contributed by atoms with Gasteiger partial charge in [-0.05, 0) is 31.2 Å². The van der Waals surface area contributed by atoms with Gasteiger partial charge in [-0.3, -0.25) is 4.90 Å². The van der Waals surface area contributed by atoms with E-state index in [1.807, 2.05) is 55.6 Å². The molecule has 3 aromatic heterocycles. The first-order chi connectivity index (χ1) is 13.8. The number of benzene rings is 1. The molecule has 0 radical (unpaired) electrons. The van der Waals surface area contributed by atoms with Crippen LogP contribution in [0.2, 0.25) is 0 Å². The molecule has 4 aromatic rings. The van der Waals surface area contributed by atoms with Crippen molar-refractivity contribution in [2.45, 2.75) is 26.4 Å². The highest BCUT2D eigenvalue weighted by molar-refractivity contribution is 5.53. The van der Waals surface area contributed by atoms with Gasteiger partial charge >= 0.3 is 0 Å². The van der Waals surface area contributed by atoms with E-state index in [4.69, 9.17) is 18.8 Å². The van der Waals surface area contributed by atoms with Crippen molar-refractivity contribution < 1.29 is 8.83 Å². The molecular weight excluding hydrogens is 352 g/mol. The Morgan fingerprint density at radius 2 is 1.96 bits per heavy atom. The van der Waals surface area contributed by atoms with Crippen LogP contribution in [0.25, 0.3) is 23.0 Å². The number of rotatable bonds is 4. The lowest BCUT2D eigenvalue weighted by Crippen LogP contribution is -2.31. The molecule has 0 N–H and O–H groups in total. The second-order valence-corrected chi connectivity index (χ2v) is 6.99. The fourth-order valence-electron chi connectivity index (χ4n) is 3.52. The van der Waals surface area contributed by atoms with Crippen molar-refractivity contribution in [3.8, 4) is 23.0 Å². The third kappa shape index (κ3) is 3.23. The van der Waals surface area contributed by atoms with Gasteiger partial charge in [0.2, 0.25) is 5.89 Å². The maximum atomic E-state index is 5.90. The maximum absolute atomic E-state index is 5.90. The Labute approximate surface area is 162 Å². The fraction of sp³-hybridized carbons (Fsp3) is 0.227. The Morgan fingerprint density at radius 1 is 1.07 bits per heavy atom. The van der Waals surface area contributed by atoms with Gasteiger partial charge in [0.15, 0.2) is 11.6 Å². The molecular formula is C22H20N4O2. The zero-order chi connectivity index (χ0) is 18.9. The van der Waals surface area contributed by atoms with Crippen LogP contribution in [0, 0.1) is 6.92 Å². The first-order valence-electron chi connectivity index (χ1n) is 9.39. The SMILES string of the molecule is Cc1oc(-c2ccccc2)nc1CN1CCc2nc(-c3ccco3)ncc2C1. The predicted octanol–water partition coefficient (Wildman–Crippen LogP) is 4.26. The summed E-state index contributed by atoms with van der Waals surface area (Å²) in [7, 11) is 0. The summed E-state index contributed by atoms with van der Waals surface area (Å²) in [6.45, 7) is 4.46. The number of aromatic nitrogens is 3. The summed E-state index contributed by atoms with van der Waals surface area (Å²) in [5.74, 6) is 2.90. The first-order valence-corrected chi connectivity index (χ1v) is 9.39. The van der Waals surface area contributed by atoms with E-state index in [9.17, 15) is 0 Å². The van der Waals surface area contributed by atoms with Gasteiger partial charge in [0.25, 0.3) is 0 Å². The second kappa shape index (κ2) is 7.05. The number of fused-ring (bicyclic) bond motifs is 1. The van der Waals surface area contributed by atoms with Crippen LogP contribution in [0.5, 0.6) is 0 Å². The van der Waals surface area contributed by atoms with E-state index in [0.717, 1.165) is 54.3 Å². The summed E-state index contributed by atoms with van der Waals surface area (Å²) in [6, 6.07) is 13.7. The van der Waals surface area contributed by atoms with E-state index >= 15 is 0 Å². The topological polar surface area (TPSA) is 68.2 Å². The van der Waals surface area contributed by atoms with E-state index in [1.165, 1.54) is 0 Å². The van der Waals surface area contributed by atoms with Gasteiger partial charge in [-0.15, -0.1) is 0 Å². The molecule has 0 spiro atoms. The largest absolute Gasteiger partial charge is 0.461 e. The van der Waals surface area contributed by atoms with Crippen molar-refractivity contribution in [3.05, 3.63) is 77.6 Å². The molecule has 140 valence electrons. The van der Waals surface area contributed by atoms with Crippen molar-refractivity contribution in [1.82, 2.24) is 19.9 Å². The van der Waals surface area contributed by atoms with Crippen LogP contribution in [0.15, 0.2) is 63.8 Å². The highest BCUT2D eigenvalue weighted by Crippen LogP contribution is 2.25. The quantitative estimate of drug-likeness (QED) is 0.533. The summed E-state index contributed by atoms with van der Waals surface area (Å²) in [5, 5.41) is 0. The third-order valence-electron chi connectivity index (χ3n) is 5.04. The Kier molecular flexibility index (Phi) is 4.25. The molecule has 6 nitrogen and oxygen atoms in total. The zero-order valence-corrected chi connectivity index (χ0v) is 15.6. The highest BCUT2D eigenvalue weighted by atomic mass is 16.4. The molecule has 0 fully saturated rings. The lowest BCUT2D eigenvalue weighted by molar-refractivity contribution is 0.239. The average Bonchev–Trinajstić information content (AvgIpc) is 3.39. The molecule has 1 aromatic carbocycles. The monoisotopic (exact) mass is 372 g/mol. The summed E-state index contributed by atoms with van der Waals surface area (Å²) < 4.78 is 11.3. The third-order valence-corrected chi connectivity index (χ3v) is 5.04. The Morgan fingerprint density at radius 3 is 2.79 bits per heavy atom. The molecule has 0 bridgehead atoms. The average molecular weight is 372 g/mol. The van der Waals surface area contributed by atoms with Crippen molar-refractivity contribution >= 4 is 0 Å². The molecule has 4 heterocycles. The number of aryl methyl sites for hydroxylation is 1. The number of hydrogen-bond donors (Lipinski definition) is 0. The van der Waals surface area contributed by atoms with Crippen LogP contribution in [0.3, 0.4) is 0 Å².